The third kappa shape index (κ3) is 5.31. The highest BCUT2D eigenvalue weighted by Gasteiger charge is 2.33. The lowest BCUT2D eigenvalue weighted by Gasteiger charge is -2.33. The first-order chi connectivity index (χ1) is 17.2. The van der Waals surface area contributed by atoms with E-state index in [2.05, 4.69) is 52.1 Å². The van der Waals surface area contributed by atoms with Crippen LogP contribution in [-0.2, 0) is 16.0 Å². The predicted molar refractivity (Wildman–Crippen MR) is 147 cm³/mol. The van der Waals surface area contributed by atoms with Gasteiger partial charge in [-0.1, -0.05) is 52.8 Å². The number of carbonyl (C=O) groups excluding carboxylic acids is 2. The Morgan fingerprint density at radius 1 is 1.14 bits per heavy atom. The third-order valence-corrected chi connectivity index (χ3v) is 7.33. The maximum absolute atomic E-state index is 13.4. The highest BCUT2D eigenvalue weighted by atomic mass is 32.1. The molecule has 0 saturated heterocycles. The fourth-order valence-electron chi connectivity index (χ4n) is 4.52. The Hall–Kier alpha value is -3.19. The first-order valence-electron chi connectivity index (χ1n) is 12.7. The molecule has 3 aromatic rings. The summed E-state index contributed by atoms with van der Waals surface area (Å²) in [5.74, 6) is 0.628. The van der Waals surface area contributed by atoms with Crippen LogP contribution >= 0.6 is 11.3 Å². The van der Waals surface area contributed by atoms with Gasteiger partial charge in [0.15, 0.2) is 6.10 Å². The van der Waals surface area contributed by atoms with E-state index in [9.17, 15) is 9.59 Å². The number of carbonyl (C=O) groups is 2. The minimum Gasteiger partial charge on any atom is -0.479 e. The molecular formula is C29H35N3O3S. The molecule has 1 aliphatic heterocycles. The molecule has 6 nitrogen and oxygen atoms in total. The highest BCUT2D eigenvalue weighted by Crippen LogP contribution is 2.38. The van der Waals surface area contributed by atoms with Crippen molar-refractivity contribution in [3.63, 3.8) is 0 Å². The Labute approximate surface area is 217 Å². The van der Waals surface area contributed by atoms with Crippen molar-refractivity contribution in [2.45, 2.75) is 72.3 Å². The van der Waals surface area contributed by atoms with Gasteiger partial charge in [-0.3, -0.25) is 14.5 Å². The van der Waals surface area contributed by atoms with Crippen LogP contribution in [0.5, 0.6) is 5.75 Å². The summed E-state index contributed by atoms with van der Waals surface area (Å²) in [6, 6.07) is 11.9. The van der Waals surface area contributed by atoms with Crippen molar-refractivity contribution in [3.05, 3.63) is 57.9 Å². The van der Waals surface area contributed by atoms with E-state index in [0.29, 0.717) is 11.4 Å². The Kier molecular flexibility index (Phi) is 7.79. The number of hydrogen-bond acceptors (Lipinski definition) is 5. The fourth-order valence-corrected chi connectivity index (χ4v) is 5.43. The second-order valence-electron chi connectivity index (χ2n) is 9.91. The Morgan fingerprint density at radius 2 is 1.83 bits per heavy atom. The van der Waals surface area contributed by atoms with Crippen molar-refractivity contribution >= 4 is 34.5 Å². The second kappa shape index (κ2) is 10.8. The smallest absolute Gasteiger partial charge is 0.268 e. The quantitative estimate of drug-likeness (QED) is 0.367. The van der Waals surface area contributed by atoms with Gasteiger partial charge in [-0.2, -0.15) is 0 Å². The summed E-state index contributed by atoms with van der Waals surface area (Å²) in [5.41, 5.74) is 5.39. The normalized spacial score (nSPS) is 15.3. The largest absolute Gasteiger partial charge is 0.479 e. The van der Waals surface area contributed by atoms with E-state index >= 15 is 0 Å². The number of para-hydroxylation sites is 1. The van der Waals surface area contributed by atoms with Gasteiger partial charge in [-0.25, -0.2) is 4.98 Å². The number of ether oxygens (including phenoxy) is 1. The van der Waals surface area contributed by atoms with Crippen molar-refractivity contribution in [1.29, 1.82) is 0 Å². The van der Waals surface area contributed by atoms with Crippen LogP contribution in [0.1, 0.15) is 75.9 Å². The second-order valence-corrected chi connectivity index (χ2v) is 10.9. The number of nitrogens with one attached hydrogen (secondary N) is 1. The molecule has 0 bridgehead atoms. The maximum atomic E-state index is 13.4. The number of aromatic nitrogens is 1. The number of nitrogens with zero attached hydrogens (tertiary/aromatic N) is 2. The van der Waals surface area contributed by atoms with E-state index in [0.717, 1.165) is 45.9 Å². The average molecular weight is 506 g/mol. The molecule has 1 atom stereocenters. The molecule has 1 aliphatic rings. The van der Waals surface area contributed by atoms with Crippen molar-refractivity contribution in [2.75, 3.05) is 16.8 Å². The van der Waals surface area contributed by atoms with Crippen molar-refractivity contribution in [2.24, 2.45) is 0 Å². The van der Waals surface area contributed by atoms with E-state index in [-0.39, 0.29) is 30.2 Å². The van der Waals surface area contributed by atoms with Crippen LogP contribution in [0.2, 0.25) is 0 Å². The number of hydrogen-bond donors (Lipinski definition) is 1. The lowest BCUT2D eigenvalue weighted by molar-refractivity contribution is -0.127. The van der Waals surface area contributed by atoms with Gasteiger partial charge in [0.05, 0.1) is 16.4 Å². The lowest BCUT2D eigenvalue weighted by Crippen LogP contribution is -2.47. The summed E-state index contributed by atoms with van der Waals surface area (Å²) in [6.45, 7) is 12.2. The van der Waals surface area contributed by atoms with E-state index in [1.807, 2.05) is 29.6 Å². The van der Waals surface area contributed by atoms with Crippen LogP contribution < -0.4 is 15.0 Å². The zero-order chi connectivity index (χ0) is 26.0. The number of aryl methyl sites for hydroxylation is 1. The molecule has 2 heterocycles. The summed E-state index contributed by atoms with van der Waals surface area (Å²) in [6.07, 6.45) is 1.32. The first-order valence-corrected chi connectivity index (χ1v) is 13.6. The standard InChI is InChI=1S/C29H35N3O3S/c1-7-9-27-30-23(16-36-27)20-12-13-25-24(14-20)32(29(34)19(6)35-25)15-26(33)31-28-21(17(2)3)10-8-11-22(28)18(4)5/h8,10-14,16-19H,7,9,15H2,1-6H3,(H,31,33). The van der Waals surface area contributed by atoms with Crippen LogP contribution in [0.3, 0.4) is 0 Å². The average Bonchev–Trinajstić information content (AvgIpc) is 3.30. The number of rotatable bonds is 8. The Morgan fingerprint density at radius 3 is 2.47 bits per heavy atom. The van der Waals surface area contributed by atoms with Crippen molar-refractivity contribution < 1.29 is 14.3 Å². The molecule has 0 aliphatic carbocycles. The van der Waals surface area contributed by atoms with Crippen LogP contribution in [0, 0.1) is 0 Å². The molecule has 190 valence electrons. The summed E-state index contributed by atoms with van der Waals surface area (Å²) in [5, 5.41) is 6.26. The molecule has 4 rings (SSSR count). The summed E-state index contributed by atoms with van der Waals surface area (Å²) in [7, 11) is 0. The van der Waals surface area contributed by atoms with E-state index < -0.39 is 6.10 Å². The highest BCUT2D eigenvalue weighted by molar-refractivity contribution is 7.09. The minimum absolute atomic E-state index is 0.0922. The fraction of sp³-hybridized carbons (Fsp3) is 0.414. The van der Waals surface area contributed by atoms with Gasteiger partial charge >= 0.3 is 0 Å². The molecule has 1 unspecified atom stereocenters. The molecule has 0 saturated carbocycles. The molecule has 0 spiro atoms. The maximum Gasteiger partial charge on any atom is 0.268 e. The molecule has 1 aromatic heterocycles. The van der Waals surface area contributed by atoms with Gasteiger partial charge in [0.2, 0.25) is 5.91 Å². The molecule has 2 amide bonds. The number of amides is 2. The zero-order valence-corrected chi connectivity index (χ0v) is 22.7. The molecule has 0 fully saturated rings. The molecule has 7 heteroatoms. The van der Waals surface area contributed by atoms with Crippen LogP contribution in [-0.4, -0.2) is 29.4 Å². The van der Waals surface area contributed by atoms with Crippen molar-refractivity contribution in [3.8, 4) is 17.0 Å². The van der Waals surface area contributed by atoms with Gasteiger partial charge in [0.25, 0.3) is 5.91 Å². The molecule has 36 heavy (non-hydrogen) atoms. The van der Waals surface area contributed by atoms with Gasteiger partial charge in [-0.15, -0.1) is 11.3 Å². The third-order valence-electron chi connectivity index (χ3n) is 6.42. The van der Waals surface area contributed by atoms with Gasteiger partial charge in [0, 0.05) is 16.6 Å². The summed E-state index contributed by atoms with van der Waals surface area (Å²) >= 11 is 1.64. The van der Waals surface area contributed by atoms with E-state index in [1.54, 1.807) is 18.3 Å². The Balaban J connectivity index is 1.64. The first kappa shape index (κ1) is 25.9. The number of fused-ring (bicyclic) bond motifs is 1. The van der Waals surface area contributed by atoms with Crippen LogP contribution in [0.25, 0.3) is 11.3 Å². The zero-order valence-electron chi connectivity index (χ0n) is 21.9. The molecule has 1 N–H and O–H groups in total. The number of anilines is 2. The van der Waals surface area contributed by atoms with E-state index in [4.69, 9.17) is 9.72 Å². The van der Waals surface area contributed by atoms with Crippen LogP contribution in [0.15, 0.2) is 41.8 Å². The summed E-state index contributed by atoms with van der Waals surface area (Å²) < 4.78 is 5.87. The molecule has 2 aromatic carbocycles. The molecular weight excluding hydrogens is 470 g/mol. The SMILES string of the molecule is CCCc1nc(-c2ccc3c(c2)N(CC(=O)Nc2c(C(C)C)cccc2C(C)C)C(=O)C(C)O3)cs1. The van der Waals surface area contributed by atoms with Gasteiger partial charge in [-0.05, 0) is 60.9 Å². The van der Waals surface area contributed by atoms with Crippen molar-refractivity contribution in [1.82, 2.24) is 4.98 Å². The molecule has 0 radical (unpaired) electrons. The topological polar surface area (TPSA) is 71.5 Å². The Bertz CT molecular complexity index is 1240. The van der Waals surface area contributed by atoms with Gasteiger partial charge < -0.3 is 10.1 Å². The van der Waals surface area contributed by atoms with E-state index in [1.165, 1.54) is 4.90 Å². The van der Waals surface area contributed by atoms with Gasteiger partial charge in [0.1, 0.15) is 12.3 Å². The number of thiazole rings is 1. The predicted octanol–water partition coefficient (Wildman–Crippen LogP) is 6.76. The summed E-state index contributed by atoms with van der Waals surface area (Å²) in [4.78, 5) is 32.8. The number of benzene rings is 2. The minimum atomic E-state index is -0.666. The lowest BCUT2D eigenvalue weighted by atomic mass is 9.92. The van der Waals surface area contributed by atoms with Crippen LogP contribution in [0.4, 0.5) is 11.4 Å². The monoisotopic (exact) mass is 505 g/mol.